The zero-order valence-electron chi connectivity index (χ0n) is 17.6. The van der Waals surface area contributed by atoms with Crippen molar-refractivity contribution < 1.29 is 23.8 Å². The Hall–Kier alpha value is -4.10. The molecule has 0 saturated carbocycles. The first kappa shape index (κ1) is 22.1. The van der Waals surface area contributed by atoms with Crippen LogP contribution in [0.25, 0.3) is 22.2 Å². The van der Waals surface area contributed by atoms with E-state index in [9.17, 15) is 19.6 Å². The molecule has 4 N–H and O–H groups in total. The molecule has 0 aliphatic carbocycles. The van der Waals surface area contributed by atoms with Gasteiger partial charge in [0.25, 0.3) is 0 Å². The Kier molecular flexibility index (Phi) is 6.15. The second-order valence-corrected chi connectivity index (χ2v) is 7.91. The monoisotopic (exact) mass is 450 g/mol. The number of nitriles is 1. The molecule has 2 aromatic carbocycles. The van der Waals surface area contributed by atoms with E-state index in [0.29, 0.717) is 11.1 Å². The number of carbonyl (C=O) groups excluding carboxylic acids is 1. The van der Waals surface area contributed by atoms with Gasteiger partial charge >= 0.3 is 11.8 Å². The lowest BCUT2D eigenvalue weighted by molar-refractivity contribution is -0.131. The molecule has 33 heavy (non-hydrogen) atoms. The predicted octanol–water partition coefficient (Wildman–Crippen LogP) is 2.16. The van der Waals surface area contributed by atoms with E-state index >= 15 is 0 Å². The van der Waals surface area contributed by atoms with Crippen molar-refractivity contribution in [3.05, 3.63) is 58.6 Å². The van der Waals surface area contributed by atoms with E-state index in [1.165, 1.54) is 0 Å². The van der Waals surface area contributed by atoms with Gasteiger partial charge in [0.05, 0.1) is 11.6 Å². The minimum absolute atomic E-state index is 0.199. The van der Waals surface area contributed by atoms with Crippen LogP contribution in [0.15, 0.2) is 51.7 Å². The third-order valence-electron chi connectivity index (χ3n) is 5.73. The Morgan fingerprint density at radius 2 is 1.85 bits per heavy atom. The minimum Gasteiger partial charge on any atom is -0.465 e. The Morgan fingerprint density at radius 3 is 2.52 bits per heavy atom. The number of carbonyl (C=O) groups is 2. The normalized spacial score (nSPS) is 16.0. The van der Waals surface area contributed by atoms with Gasteiger partial charge in [-0.1, -0.05) is 30.3 Å². The summed E-state index contributed by atoms with van der Waals surface area (Å²) in [7, 11) is 0. The van der Waals surface area contributed by atoms with E-state index in [1.54, 1.807) is 6.07 Å². The summed E-state index contributed by atoms with van der Waals surface area (Å²) >= 11 is 0. The Bertz CT molecular complexity index is 1260. The maximum absolute atomic E-state index is 12.9. The number of hydrogen-bond acceptors (Lipinski definition) is 6. The van der Waals surface area contributed by atoms with Crippen LogP contribution < -0.4 is 16.4 Å². The Labute approximate surface area is 188 Å². The summed E-state index contributed by atoms with van der Waals surface area (Å²) in [6.07, 6.45) is -0.640. The van der Waals surface area contributed by atoms with Crippen molar-refractivity contribution in [1.82, 2.24) is 15.6 Å². The van der Waals surface area contributed by atoms with Gasteiger partial charge in [-0.05, 0) is 28.8 Å². The van der Waals surface area contributed by atoms with Crippen LogP contribution >= 0.6 is 0 Å². The molecule has 1 saturated heterocycles. The van der Waals surface area contributed by atoms with Crippen LogP contribution in [0.4, 0.5) is 4.79 Å². The summed E-state index contributed by atoms with van der Waals surface area (Å²) < 4.78 is 10.3. The van der Waals surface area contributed by atoms with Gasteiger partial charge in [-0.15, -0.1) is 0 Å². The van der Waals surface area contributed by atoms with Crippen molar-refractivity contribution in [2.24, 2.45) is 0 Å². The van der Waals surface area contributed by atoms with E-state index < -0.39 is 29.3 Å². The predicted molar refractivity (Wildman–Crippen MR) is 117 cm³/mol. The van der Waals surface area contributed by atoms with Crippen molar-refractivity contribution in [3.63, 3.8) is 0 Å². The molecule has 1 unspecified atom stereocenters. The number of H-pyrrole nitrogens is 1. The fourth-order valence-corrected chi connectivity index (χ4v) is 3.96. The molecule has 10 heteroatoms. The van der Waals surface area contributed by atoms with Gasteiger partial charge in [0, 0.05) is 32.5 Å². The summed E-state index contributed by atoms with van der Waals surface area (Å²) in [5.74, 6) is -1.04. The molecule has 170 valence electrons. The van der Waals surface area contributed by atoms with Crippen molar-refractivity contribution in [2.75, 3.05) is 13.2 Å². The SMILES string of the molecule is N#CC(Cc1ccc(-c2ccc3oc(=O)[nH]c3c2)cc1)NC(=O)C1(NC(=O)O)CCOCC1. The van der Waals surface area contributed by atoms with Crippen LogP contribution in [0.5, 0.6) is 0 Å². The number of benzene rings is 2. The average molecular weight is 450 g/mol. The van der Waals surface area contributed by atoms with E-state index in [-0.39, 0.29) is 32.5 Å². The number of oxazole rings is 1. The summed E-state index contributed by atoms with van der Waals surface area (Å²) in [5.41, 5.74) is 2.40. The van der Waals surface area contributed by atoms with Crippen LogP contribution in [0.1, 0.15) is 18.4 Å². The van der Waals surface area contributed by atoms with E-state index in [4.69, 9.17) is 14.3 Å². The number of carboxylic acid groups (broad SMARTS) is 1. The van der Waals surface area contributed by atoms with Crippen molar-refractivity contribution in [3.8, 4) is 17.2 Å². The summed E-state index contributed by atoms with van der Waals surface area (Å²) in [6, 6.07) is 14.1. The number of ether oxygens (including phenoxy) is 1. The number of amides is 2. The van der Waals surface area contributed by atoms with Gasteiger partial charge in [0.15, 0.2) is 5.58 Å². The highest BCUT2D eigenvalue weighted by Gasteiger charge is 2.42. The standard InChI is InChI=1S/C23H22N4O6/c24-13-17(25-20(28)23(27-21(29)30)7-9-32-10-8-23)11-14-1-3-15(4-2-14)16-5-6-19-18(12-16)26-22(31)33-19/h1-6,12,17,27H,7-11H2,(H,25,28)(H,26,31)(H,29,30). The quantitative estimate of drug-likeness (QED) is 0.448. The number of nitrogens with zero attached hydrogens (tertiary/aromatic N) is 1. The Morgan fingerprint density at radius 1 is 1.15 bits per heavy atom. The molecule has 2 heterocycles. The second-order valence-electron chi connectivity index (χ2n) is 7.91. The van der Waals surface area contributed by atoms with Gasteiger partial charge in [-0.3, -0.25) is 9.78 Å². The third-order valence-corrected chi connectivity index (χ3v) is 5.73. The van der Waals surface area contributed by atoms with Crippen LogP contribution in [-0.4, -0.2) is 46.9 Å². The number of nitrogens with one attached hydrogen (secondary N) is 3. The smallest absolute Gasteiger partial charge is 0.417 e. The van der Waals surface area contributed by atoms with Crippen LogP contribution in [-0.2, 0) is 16.0 Å². The molecule has 1 atom stereocenters. The molecule has 0 bridgehead atoms. The summed E-state index contributed by atoms with van der Waals surface area (Å²) in [5, 5.41) is 23.7. The van der Waals surface area contributed by atoms with E-state index in [1.807, 2.05) is 36.4 Å². The van der Waals surface area contributed by atoms with Gasteiger partial charge in [-0.25, -0.2) is 9.59 Å². The zero-order valence-corrected chi connectivity index (χ0v) is 17.6. The average Bonchev–Trinajstić information content (AvgIpc) is 3.18. The molecule has 3 aromatic rings. The van der Waals surface area contributed by atoms with Crippen LogP contribution in [0.3, 0.4) is 0 Å². The number of fused-ring (bicyclic) bond motifs is 1. The molecule has 2 amide bonds. The molecule has 10 nitrogen and oxygen atoms in total. The van der Waals surface area contributed by atoms with Gasteiger partial charge < -0.3 is 24.9 Å². The molecule has 4 rings (SSSR count). The highest BCUT2D eigenvalue weighted by atomic mass is 16.5. The van der Waals surface area contributed by atoms with Crippen LogP contribution in [0.2, 0.25) is 0 Å². The number of rotatable bonds is 6. The highest BCUT2D eigenvalue weighted by molar-refractivity contribution is 5.90. The fraction of sp³-hybridized carbons (Fsp3) is 0.304. The van der Waals surface area contributed by atoms with Crippen molar-refractivity contribution in [1.29, 1.82) is 5.26 Å². The topological polar surface area (TPSA) is 157 Å². The van der Waals surface area contributed by atoms with Gasteiger partial charge in [-0.2, -0.15) is 5.26 Å². The summed E-state index contributed by atoms with van der Waals surface area (Å²) in [6.45, 7) is 0.510. The summed E-state index contributed by atoms with van der Waals surface area (Å²) in [4.78, 5) is 38.1. The lowest BCUT2D eigenvalue weighted by Gasteiger charge is -2.36. The number of aromatic nitrogens is 1. The lowest BCUT2D eigenvalue weighted by Crippen LogP contribution is -2.62. The Balaban J connectivity index is 1.45. The second kappa shape index (κ2) is 9.18. The molecule has 1 aromatic heterocycles. The molecule has 0 radical (unpaired) electrons. The lowest BCUT2D eigenvalue weighted by atomic mass is 9.88. The maximum Gasteiger partial charge on any atom is 0.417 e. The van der Waals surface area contributed by atoms with Gasteiger partial charge in [0.2, 0.25) is 5.91 Å². The number of hydrogen-bond donors (Lipinski definition) is 4. The minimum atomic E-state index is -1.31. The highest BCUT2D eigenvalue weighted by Crippen LogP contribution is 2.24. The molecular formula is C23H22N4O6. The maximum atomic E-state index is 12.9. The molecule has 1 aliphatic rings. The van der Waals surface area contributed by atoms with Gasteiger partial charge in [0.1, 0.15) is 11.6 Å². The zero-order chi connectivity index (χ0) is 23.4. The first-order chi connectivity index (χ1) is 15.9. The van der Waals surface area contributed by atoms with Crippen molar-refractivity contribution in [2.45, 2.75) is 30.8 Å². The van der Waals surface area contributed by atoms with Crippen LogP contribution in [0, 0.1) is 11.3 Å². The molecular weight excluding hydrogens is 428 g/mol. The van der Waals surface area contributed by atoms with E-state index in [0.717, 1.165) is 16.7 Å². The van der Waals surface area contributed by atoms with Crippen molar-refractivity contribution >= 4 is 23.1 Å². The molecule has 1 aliphatic heterocycles. The molecule has 0 spiro atoms. The first-order valence-corrected chi connectivity index (χ1v) is 10.4. The fourth-order valence-electron chi connectivity index (χ4n) is 3.96. The largest absolute Gasteiger partial charge is 0.465 e. The first-order valence-electron chi connectivity index (χ1n) is 10.4. The third kappa shape index (κ3) is 4.88. The van der Waals surface area contributed by atoms with E-state index in [2.05, 4.69) is 21.7 Å². The molecule has 1 fully saturated rings. The number of aromatic amines is 1.